The maximum Gasteiger partial charge on any atom is 0.310 e. The van der Waals surface area contributed by atoms with Gasteiger partial charge in [-0.15, -0.1) is 11.3 Å². The van der Waals surface area contributed by atoms with Gasteiger partial charge in [-0.2, -0.15) is 0 Å². The summed E-state index contributed by atoms with van der Waals surface area (Å²) in [5, 5.41) is 5.78. The maximum atomic E-state index is 12.6. The van der Waals surface area contributed by atoms with Gasteiger partial charge in [0, 0.05) is 17.4 Å². The fourth-order valence-corrected chi connectivity index (χ4v) is 5.11. The minimum Gasteiger partial charge on any atom is -0.496 e. The summed E-state index contributed by atoms with van der Waals surface area (Å²) in [6, 6.07) is 23.4. The molecule has 6 nitrogen and oxygen atoms in total. The number of methoxy groups -OCH3 is 1. The van der Waals surface area contributed by atoms with Crippen molar-refractivity contribution < 1.29 is 23.9 Å². The molecule has 4 rings (SSSR count). The number of thiophene rings is 1. The number of hydrogen-bond donors (Lipinski definition) is 1. The second kappa shape index (κ2) is 13.0. The molecule has 1 heterocycles. The number of ether oxygens (including phenoxy) is 2. The normalized spacial score (nSPS) is 10.6. The molecule has 1 amide bonds. The van der Waals surface area contributed by atoms with E-state index in [4.69, 9.17) is 9.47 Å². The zero-order chi connectivity index (χ0) is 27.8. The third-order valence-electron chi connectivity index (χ3n) is 6.15. The van der Waals surface area contributed by atoms with Crippen LogP contribution >= 0.6 is 11.3 Å². The maximum absolute atomic E-state index is 12.6. The Bertz CT molecular complexity index is 1450. The third kappa shape index (κ3) is 7.65. The van der Waals surface area contributed by atoms with Crippen LogP contribution in [0.3, 0.4) is 0 Å². The molecular weight excluding hydrogens is 510 g/mol. The average Bonchev–Trinajstić information content (AvgIpc) is 3.38. The highest BCUT2D eigenvalue weighted by Gasteiger charge is 2.11. The van der Waals surface area contributed by atoms with Gasteiger partial charge in [0.1, 0.15) is 11.5 Å². The lowest BCUT2D eigenvalue weighted by Gasteiger charge is -2.11. The molecule has 39 heavy (non-hydrogen) atoms. The lowest BCUT2D eigenvalue weighted by atomic mass is 9.98. The molecule has 0 spiro atoms. The fourth-order valence-electron chi connectivity index (χ4n) is 4.29. The van der Waals surface area contributed by atoms with E-state index in [1.807, 2.05) is 78.2 Å². The largest absolute Gasteiger partial charge is 0.496 e. The van der Waals surface area contributed by atoms with Gasteiger partial charge >= 0.3 is 5.97 Å². The van der Waals surface area contributed by atoms with Gasteiger partial charge < -0.3 is 14.8 Å². The van der Waals surface area contributed by atoms with Gasteiger partial charge in [-0.05, 0) is 59.4 Å². The minimum atomic E-state index is -0.259. The van der Waals surface area contributed by atoms with Crippen LogP contribution in [0, 0.1) is 0 Å². The summed E-state index contributed by atoms with van der Waals surface area (Å²) in [5.41, 5.74) is 6.70. The number of ketones is 1. The van der Waals surface area contributed by atoms with Crippen LogP contribution in [0.4, 0.5) is 5.00 Å². The van der Waals surface area contributed by atoms with Crippen LogP contribution in [0.2, 0.25) is 0 Å². The van der Waals surface area contributed by atoms with E-state index in [0.717, 1.165) is 49.7 Å². The smallest absolute Gasteiger partial charge is 0.310 e. The van der Waals surface area contributed by atoms with Gasteiger partial charge in [0.05, 0.1) is 31.6 Å². The Balaban J connectivity index is 1.37. The molecule has 4 aromatic rings. The number of nitrogens with one attached hydrogen (secondary N) is 1. The van der Waals surface area contributed by atoms with E-state index in [1.165, 1.54) is 11.3 Å². The highest BCUT2D eigenvalue weighted by Crippen LogP contribution is 2.34. The van der Waals surface area contributed by atoms with Crippen molar-refractivity contribution in [1.82, 2.24) is 0 Å². The summed E-state index contributed by atoms with van der Waals surface area (Å²) >= 11 is 1.48. The molecule has 0 unspecified atom stereocenters. The van der Waals surface area contributed by atoms with Gasteiger partial charge in [0.25, 0.3) is 0 Å². The third-order valence-corrected chi connectivity index (χ3v) is 7.00. The molecule has 0 aliphatic rings. The first-order chi connectivity index (χ1) is 18.8. The van der Waals surface area contributed by atoms with Crippen LogP contribution in [0.1, 0.15) is 30.5 Å². The van der Waals surface area contributed by atoms with Gasteiger partial charge in [0.15, 0.2) is 0 Å². The Morgan fingerprint density at radius 1 is 0.769 bits per heavy atom. The molecule has 0 aliphatic carbocycles. The number of hydrogen-bond acceptors (Lipinski definition) is 6. The summed E-state index contributed by atoms with van der Waals surface area (Å²) in [5.74, 6) is 0.487. The van der Waals surface area contributed by atoms with Crippen molar-refractivity contribution in [3.8, 4) is 28.0 Å². The van der Waals surface area contributed by atoms with Gasteiger partial charge in [-0.3, -0.25) is 14.4 Å². The first kappa shape index (κ1) is 27.8. The van der Waals surface area contributed by atoms with E-state index < -0.39 is 0 Å². The van der Waals surface area contributed by atoms with Crippen LogP contribution in [0.15, 0.2) is 78.2 Å². The van der Waals surface area contributed by atoms with E-state index in [9.17, 15) is 14.4 Å². The monoisotopic (exact) mass is 541 g/mol. The molecule has 1 aromatic heterocycles. The van der Waals surface area contributed by atoms with Crippen molar-refractivity contribution in [2.24, 2.45) is 0 Å². The number of rotatable bonds is 11. The number of benzene rings is 3. The summed E-state index contributed by atoms with van der Waals surface area (Å²) in [6.07, 6.45) is 0.852. The van der Waals surface area contributed by atoms with E-state index in [2.05, 4.69) is 5.32 Å². The number of amides is 1. The van der Waals surface area contributed by atoms with Crippen molar-refractivity contribution in [1.29, 1.82) is 0 Å². The minimum absolute atomic E-state index is 0.0998. The Morgan fingerprint density at radius 3 is 2.05 bits per heavy atom. The zero-order valence-electron chi connectivity index (χ0n) is 22.3. The summed E-state index contributed by atoms with van der Waals surface area (Å²) in [6.45, 7) is 3.72. The van der Waals surface area contributed by atoms with Crippen molar-refractivity contribution in [3.63, 3.8) is 0 Å². The van der Waals surface area contributed by atoms with E-state index in [-0.39, 0.29) is 30.5 Å². The molecule has 0 radical (unpaired) electrons. The highest BCUT2D eigenvalue weighted by molar-refractivity contribution is 7.14. The van der Waals surface area contributed by atoms with Crippen LogP contribution in [-0.4, -0.2) is 31.4 Å². The standard InChI is InChI=1S/C32H31NO5S/c1-4-38-32(36)18-23-7-5-22(6-8-23)17-30(35)33-31-19-27(20-39-31)25-10-12-26(13-11-25)28-14-9-24(15-21(2)34)16-29(28)37-3/h5-14,16,19-20H,4,15,17-18H2,1-3H3,(H,33,35). The quantitative estimate of drug-likeness (QED) is 0.219. The van der Waals surface area contributed by atoms with E-state index in [0.29, 0.717) is 13.0 Å². The first-order valence-electron chi connectivity index (χ1n) is 12.7. The summed E-state index contributed by atoms with van der Waals surface area (Å²) < 4.78 is 10.6. The van der Waals surface area contributed by atoms with Gasteiger partial charge in [0.2, 0.25) is 5.91 Å². The molecule has 0 saturated carbocycles. The second-order valence-electron chi connectivity index (χ2n) is 9.21. The Hall–Kier alpha value is -4.23. The molecule has 0 fully saturated rings. The molecule has 200 valence electrons. The molecule has 7 heteroatoms. The Kier molecular flexibility index (Phi) is 9.28. The second-order valence-corrected chi connectivity index (χ2v) is 10.1. The summed E-state index contributed by atoms with van der Waals surface area (Å²) in [4.78, 5) is 35.7. The summed E-state index contributed by atoms with van der Waals surface area (Å²) in [7, 11) is 1.63. The fraction of sp³-hybridized carbons (Fsp3) is 0.219. The SMILES string of the molecule is CCOC(=O)Cc1ccc(CC(=O)Nc2cc(-c3ccc(-c4ccc(CC(C)=O)cc4OC)cc3)cs2)cc1. The van der Waals surface area contributed by atoms with E-state index in [1.54, 1.807) is 21.0 Å². The first-order valence-corrected chi connectivity index (χ1v) is 13.6. The van der Waals surface area contributed by atoms with Crippen molar-refractivity contribution in [2.45, 2.75) is 33.1 Å². The van der Waals surface area contributed by atoms with Crippen LogP contribution in [0.25, 0.3) is 22.3 Å². The van der Waals surface area contributed by atoms with E-state index >= 15 is 0 Å². The van der Waals surface area contributed by atoms with Crippen molar-refractivity contribution in [3.05, 3.63) is 94.9 Å². The molecule has 0 bridgehead atoms. The lowest BCUT2D eigenvalue weighted by molar-refractivity contribution is -0.142. The predicted molar refractivity (Wildman–Crippen MR) is 155 cm³/mol. The zero-order valence-corrected chi connectivity index (χ0v) is 23.1. The predicted octanol–water partition coefficient (Wildman–Crippen LogP) is 6.51. The number of carbonyl (C=O) groups excluding carboxylic acids is 3. The molecule has 0 atom stereocenters. The molecule has 0 aliphatic heterocycles. The average molecular weight is 542 g/mol. The van der Waals surface area contributed by atoms with Gasteiger partial charge in [-0.1, -0.05) is 60.7 Å². The molecule has 1 N–H and O–H groups in total. The van der Waals surface area contributed by atoms with Crippen LogP contribution in [0.5, 0.6) is 5.75 Å². The number of Topliss-reactive ketones (excluding diaryl/α,β-unsaturated/α-hetero) is 1. The number of anilines is 1. The molecule has 3 aromatic carbocycles. The Labute approximate surface area is 232 Å². The number of carbonyl (C=O) groups is 3. The number of esters is 1. The van der Waals surface area contributed by atoms with Crippen molar-refractivity contribution in [2.75, 3.05) is 19.0 Å². The Morgan fingerprint density at radius 2 is 1.41 bits per heavy atom. The lowest BCUT2D eigenvalue weighted by Crippen LogP contribution is -2.13. The molecule has 0 saturated heterocycles. The van der Waals surface area contributed by atoms with Crippen LogP contribution in [-0.2, 0) is 38.4 Å². The molecular formula is C32H31NO5S. The van der Waals surface area contributed by atoms with Crippen LogP contribution < -0.4 is 10.1 Å². The topological polar surface area (TPSA) is 81.7 Å². The van der Waals surface area contributed by atoms with Crippen molar-refractivity contribution >= 4 is 34.0 Å². The highest BCUT2D eigenvalue weighted by atomic mass is 32.1. The van der Waals surface area contributed by atoms with Gasteiger partial charge in [-0.25, -0.2) is 0 Å².